The van der Waals surface area contributed by atoms with Crippen molar-refractivity contribution in [2.24, 2.45) is 0 Å². The van der Waals surface area contributed by atoms with Gasteiger partial charge in [0.1, 0.15) is 18.7 Å². The van der Waals surface area contributed by atoms with Crippen LogP contribution in [0.15, 0.2) is 30.6 Å². The second-order valence-corrected chi connectivity index (χ2v) is 4.05. The summed E-state index contributed by atoms with van der Waals surface area (Å²) in [5.74, 6) is 0.285. The number of para-hydroxylation sites is 1. The third-order valence-corrected chi connectivity index (χ3v) is 2.72. The molecule has 0 aliphatic heterocycles. The third-order valence-electron chi connectivity index (χ3n) is 2.72. The van der Waals surface area contributed by atoms with Crippen LogP contribution in [0.25, 0.3) is 11.3 Å². The quantitative estimate of drug-likeness (QED) is 0.489. The molecule has 1 aromatic heterocycles. The Labute approximate surface area is 120 Å². The Morgan fingerprint density at radius 3 is 2.76 bits per heavy atom. The predicted octanol–water partition coefficient (Wildman–Crippen LogP) is 1.66. The number of nitrogen functional groups attached to an aromatic ring is 1. The molecule has 0 unspecified atom stereocenters. The van der Waals surface area contributed by atoms with E-state index in [9.17, 15) is 10.1 Å². The molecule has 0 saturated carbocycles. The number of ether oxygens (including phenoxy) is 2. The van der Waals surface area contributed by atoms with Crippen LogP contribution in [0.4, 0.5) is 11.5 Å². The summed E-state index contributed by atoms with van der Waals surface area (Å²) in [4.78, 5) is 18.2. The van der Waals surface area contributed by atoms with E-state index in [1.807, 2.05) is 0 Å². The Kier molecular flexibility index (Phi) is 4.62. The number of hydrogen-bond acceptors (Lipinski definition) is 7. The van der Waals surface area contributed by atoms with Gasteiger partial charge in [0.2, 0.25) is 5.82 Å². The molecule has 1 heterocycles. The van der Waals surface area contributed by atoms with Crippen molar-refractivity contribution in [2.45, 2.75) is 0 Å². The summed E-state index contributed by atoms with van der Waals surface area (Å²) in [6, 6.07) is 6.88. The zero-order valence-electron chi connectivity index (χ0n) is 11.4. The number of benzene rings is 1. The average molecular weight is 290 g/mol. The molecule has 110 valence electrons. The van der Waals surface area contributed by atoms with Gasteiger partial charge < -0.3 is 15.2 Å². The van der Waals surface area contributed by atoms with Gasteiger partial charge >= 0.3 is 5.69 Å². The molecule has 2 aromatic rings. The first kappa shape index (κ1) is 14.7. The Morgan fingerprint density at radius 1 is 1.29 bits per heavy atom. The highest BCUT2D eigenvalue weighted by Crippen LogP contribution is 2.36. The minimum absolute atomic E-state index is 0.125. The van der Waals surface area contributed by atoms with E-state index in [1.165, 1.54) is 6.33 Å². The van der Waals surface area contributed by atoms with Crippen LogP contribution in [0.3, 0.4) is 0 Å². The largest absolute Gasteiger partial charge is 0.490 e. The summed E-state index contributed by atoms with van der Waals surface area (Å²) in [7, 11) is 1.56. The van der Waals surface area contributed by atoms with Gasteiger partial charge in [-0.05, 0) is 12.1 Å². The van der Waals surface area contributed by atoms with E-state index in [-0.39, 0.29) is 17.2 Å². The molecule has 2 rings (SSSR count). The second kappa shape index (κ2) is 6.62. The molecular weight excluding hydrogens is 276 g/mol. The van der Waals surface area contributed by atoms with Crippen LogP contribution in [0.2, 0.25) is 0 Å². The Morgan fingerprint density at radius 2 is 2.05 bits per heavy atom. The molecule has 0 spiro atoms. The Bertz CT molecular complexity index is 648. The van der Waals surface area contributed by atoms with Crippen molar-refractivity contribution in [3.63, 3.8) is 0 Å². The van der Waals surface area contributed by atoms with Crippen molar-refractivity contribution in [3.05, 3.63) is 40.7 Å². The van der Waals surface area contributed by atoms with Crippen LogP contribution < -0.4 is 10.5 Å². The lowest BCUT2D eigenvalue weighted by Gasteiger charge is -2.11. The summed E-state index contributed by atoms with van der Waals surface area (Å²) in [6.45, 7) is 0.726. The first-order chi connectivity index (χ1) is 10.1. The lowest BCUT2D eigenvalue weighted by Crippen LogP contribution is -2.06. The van der Waals surface area contributed by atoms with Gasteiger partial charge in [-0.1, -0.05) is 12.1 Å². The molecule has 21 heavy (non-hydrogen) atoms. The van der Waals surface area contributed by atoms with Gasteiger partial charge in [0.25, 0.3) is 0 Å². The highest BCUT2D eigenvalue weighted by Gasteiger charge is 2.24. The molecule has 0 aliphatic rings. The molecule has 8 nitrogen and oxygen atoms in total. The van der Waals surface area contributed by atoms with Gasteiger partial charge in [0, 0.05) is 12.7 Å². The van der Waals surface area contributed by atoms with Gasteiger partial charge in [0.15, 0.2) is 5.69 Å². The SMILES string of the molecule is COCCOc1ccccc1-c1ncnc(N)c1[N+](=O)[O-]. The molecule has 0 radical (unpaired) electrons. The maximum atomic E-state index is 11.2. The van der Waals surface area contributed by atoms with E-state index < -0.39 is 4.92 Å². The van der Waals surface area contributed by atoms with Crippen LogP contribution in [-0.2, 0) is 4.74 Å². The van der Waals surface area contributed by atoms with Gasteiger partial charge in [-0.25, -0.2) is 9.97 Å². The number of rotatable bonds is 6. The average Bonchev–Trinajstić information content (AvgIpc) is 2.47. The summed E-state index contributed by atoms with van der Waals surface area (Å²) in [5.41, 5.74) is 5.85. The van der Waals surface area contributed by atoms with E-state index in [4.69, 9.17) is 15.2 Å². The Balaban J connectivity index is 2.47. The zero-order valence-corrected chi connectivity index (χ0v) is 11.4. The lowest BCUT2D eigenvalue weighted by atomic mass is 10.1. The van der Waals surface area contributed by atoms with Gasteiger partial charge in [-0.2, -0.15) is 0 Å². The van der Waals surface area contributed by atoms with E-state index >= 15 is 0 Å². The molecular formula is C13H14N4O4. The number of nitrogens with two attached hydrogens (primary N) is 1. The molecule has 1 aromatic carbocycles. The summed E-state index contributed by atoms with van der Waals surface area (Å²) < 4.78 is 10.5. The molecule has 8 heteroatoms. The Hall–Kier alpha value is -2.74. The van der Waals surface area contributed by atoms with Gasteiger partial charge in [-0.3, -0.25) is 10.1 Å². The molecule has 0 aliphatic carbocycles. The first-order valence-corrected chi connectivity index (χ1v) is 6.11. The number of hydrogen-bond donors (Lipinski definition) is 1. The lowest BCUT2D eigenvalue weighted by molar-refractivity contribution is -0.383. The molecule has 0 atom stereocenters. The second-order valence-electron chi connectivity index (χ2n) is 4.05. The van der Waals surface area contributed by atoms with Crippen LogP contribution in [-0.4, -0.2) is 35.2 Å². The zero-order chi connectivity index (χ0) is 15.2. The fourth-order valence-electron chi connectivity index (χ4n) is 1.79. The first-order valence-electron chi connectivity index (χ1n) is 6.11. The van der Waals surface area contributed by atoms with Crippen LogP contribution in [0, 0.1) is 10.1 Å². The maximum absolute atomic E-state index is 11.2. The summed E-state index contributed by atoms with van der Waals surface area (Å²) in [6.07, 6.45) is 1.18. The minimum atomic E-state index is -0.601. The van der Waals surface area contributed by atoms with E-state index in [2.05, 4.69) is 9.97 Å². The number of anilines is 1. The number of nitro groups is 1. The summed E-state index contributed by atoms with van der Waals surface area (Å²) in [5, 5.41) is 11.2. The van der Waals surface area contributed by atoms with Gasteiger partial charge in [0.05, 0.1) is 11.5 Å². The molecule has 0 saturated heterocycles. The number of nitrogens with zero attached hydrogens (tertiary/aromatic N) is 3. The standard InChI is InChI=1S/C13H14N4O4/c1-20-6-7-21-10-5-3-2-4-9(10)11-12(17(18)19)13(14)16-8-15-11/h2-5,8H,6-7H2,1H3,(H2,14,15,16). The minimum Gasteiger partial charge on any atom is -0.490 e. The molecule has 2 N–H and O–H groups in total. The normalized spacial score (nSPS) is 10.3. The van der Waals surface area contributed by atoms with Crippen LogP contribution in [0.5, 0.6) is 5.75 Å². The molecule has 0 fully saturated rings. The smallest absolute Gasteiger partial charge is 0.337 e. The highest BCUT2D eigenvalue weighted by molar-refractivity contribution is 5.79. The van der Waals surface area contributed by atoms with Gasteiger partial charge in [-0.15, -0.1) is 0 Å². The maximum Gasteiger partial charge on any atom is 0.337 e. The van der Waals surface area contributed by atoms with Crippen LogP contribution in [0.1, 0.15) is 0 Å². The van der Waals surface area contributed by atoms with E-state index in [1.54, 1.807) is 31.4 Å². The molecule has 0 bridgehead atoms. The van der Waals surface area contributed by atoms with Crippen molar-refractivity contribution in [2.75, 3.05) is 26.1 Å². The fourth-order valence-corrected chi connectivity index (χ4v) is 1.79. The summed E-state index contributed by atoms with van der Waals surface area (Å²) >= 11 is 0. The predicted molar refractivity (Wildman–Crippen MR) is 75.9 cm³/mol. The van der Waals surface area contributed by atoms with Crippen molar-refractivity contribution >= 4 is 11.5 Å². The van der Waals surface area contributed by atoms with E-state index in [0.717, 1.165) is 0 Å². The number of methoxy groups -OCH3 is 1. The van der Waals surface area contributed by atoms with Crippen molar-refractivity contribution < 1.29 is 14.4 Å². The number of aromatic nitrogens is 2. The topological polar surface area (TPSA) is 113 Å². The van der Waals surface area contributed by atoms with Crippen molar-refractivity contribution in [3.8, 4) is 17.0 Å². The van der Waals surface area contributed by atoms with Crippen LogP contribution >= 0.6 is 0 Å². The fraction of sp³-hybridized carbons (Fsp3) is 0.231. The highest BCUT2D eigenvalue weighted by atomic mass is 16.6. The van der Waals surface area contributed by atoms with Crippen molar-refractivity contribution in [1.29, 1.82) is 0 Å². The van der Waals surface area contributed by atoms with E-state index in [0.29, 0.717) is 24.5 Å². The molecule has 0 amide bonds. The monoisotopic (exact) mass is 290 g/mol. The van der Waals surface area contributed by atoms with Crippen molar-refractivity contribution in [1.82, 2.24) is 9.97 Å². The third kappa shape index (κ3) is 3.23.